The summed E-state index contributed by atoms with van der Waals surface area (Å²) in [6, 6.07) is 13.4. The van der Waals surface area contributed by atoms with Crippen LogP contribution < -0.4 is 0 Å². The molecule has 0 radical (unpaired) electrons. The molecule has 1 atom stereocenters. The van der Waals surface area contributed by atoms with E-state index in [1.807, 2.05) is 23.1 Å². The first kappa shape index (κ1) is 17.4. The van der Waals surface area contributed by atoms with Gasteiger partial charge in [0.1, 0.15) is 5.82 Å². The van der Waals surface area contributed by atoms with Crippen molar-refractivity contribution in [3.05, 3.63) is 59.9 Å². The summed E-state index contributed by atoms with van der Waals surface area (Å²) in [4.78, 5) is 19.2. The van der Waals surface area contributed by atoms with Gasteiger partial charge in [0, 0.05) is 29.3 Å². The Morgan fingerprint density at radius 2 is 1.96 bits per heavy atom. The molecule has 3 aromatic rings. The topological polar surface area (TPSA) is 59.2 Å². The molecule has 1 aromatic heterocycles. The van der Waals surface area contributed by atoms with Crippen molar-refractivity contribution in [2.24, 2.45) is 0 Å². The van der Waals surface area contributed by atoms with E-state index in [9.17, 15) is 9.18 Å². The molecule has 0 saturated carbocycles. The zero-order chi connectivity index (χ0) is 18.8. The van der Waals surface area contributed by atoms with Gasteiger partial charge in [-0.1, -0.05) is 11.2 Å². The van der Waals surface area contributed by atoms with Gasteiger partial charge in [0.2, 0.25) is 5.82 Å². The van der Waals surface area contributed by atoms with Gasteiger partial charge in [-0.05, 0) is 68.7 Å². The van der Waals surface area contributed by atoms with E-state index >= 15 is 0 Å². The fourth-order valence-electron chi connectivity index (χ4n) is 3.41. The zero-order valence-electron chi connectivity index (χ0n) is 15.1. The summed E-state index contributed by atoms with van der Waals surface area (Å²) in [5.41, 5.74) is 1.97. The lowest BCUT2D eigenvalue weighted by molar-refractivity contribution is 0.0635. The Hall–Kier alpha value is -3.02. The van der Waals surface area contributed by atoms with E-state index < -0.39 is 0 Å². The smallest absolute Gasteiger partial charge is 0.258 e. The molecule has 2 heterocycles. The van der Waals surface area contributed by atoms with Crippen LogP contribution in [0.3, 0.4) is 0 Å². The summed E-state index contributed by atoms with van der Waals surface area (Å²) in [6.45, 7) is 2.88. The Morgan fingerprint density at radius 1 is 1.15 bits per heavy atom. The highest BCUT2D eigenvalue weighted by molar-refractivity contribution is 5.95. The normalized spacial score (nSPS) is 17.1. The van der Waals surface area contributed by atoms with Crippen molar-refractivity contribution in [1.82, 2.24) is 15.0 Å². The Bertz CT molecular complexity index is 952. The Balaban J connectivity index is 1.59. The second-order valence-corrected chi connectivity index (χ2v) is 6.85. The number of carbonyl (C=O) groups excluding carboxylic acids is 1. The number of nitrogens with zero attached hydrogens (tertiary/aromatic N) is 3. The first-order chi connectivity index (χ1) is 13.1. The van der Waals surface area contributed by atoms with Crippen LogP contribution in [-0.2, 0) is 0 Å². The highest BCUT2D eigenvalue weighted by atomic mass is 19.1. The van der Waals surface area contributed by atoms with Crippen molar-refractivity contribution in [2.45, 2.75) is 32.2 Å². The average Bonchev–Trinajstić information content (AvgIpc) is 3.19. The zero-order valence-corrected chi connectivity index (χ0v) is 15.1. The highest BCUT2D eigenvalue weighted by Gasteiger charge is 2.24. The van der Waals surface area contributed by atoms with E-state index in [1.165, 1.54) is 18.6 Å². The third-order valence-electron chi connectivity index (χ3n) is 4.95. The summed E-state index contributed by atoms with van der Waals surface area (Å²) < 4.78 is 18.4. The predicted octanol–water partition coefficient (Wildman–Crippen LogP) is 4.56. The SMILES string of the molecule is C[C@@H]1CCCCN1C(=O)c1cccc(-c2nc(-c3ccc(F)cc3)no2)c1. The third-order valence-corrected chi connectivity index (χ3v) is 4.95. The Labute approximate surface area is 156 Å². The van der Waals surface area contributed by atoms with E-state index in [0.717, 1.165) is 19.4 Å². The number of benzene rings is 2. The van der Waals surface area contributed by atoms with Crippen LogP contribution in [0.1, 0.15) is 36.5 Å². The number of rotatable bonds is 3. The molecule has 0 N–H and O–H groups in total. The van der Waals surface area contributed by atoms with Crippen molar-refractivity contribution in [3.8, 4) is 22.8 Å². The van der Waals surface area contributed by atoms with E-state index in [4.69, 9.17) is 4.52 Å². The molecule has 5 nitrogen and oxygen atoms in total. The Kier molecular flexibility index (Phi) is 4.71. The first-order valence-corrected chi connectivity index (χ1v) is 9.13. The molecule has 1 aliphatic rings. The number of likely N-dealkylation sites (tertiary alicyclic amines) is 1. The molecule has 138 valence electrons. The number of hydrogen-bond donors (Lipinski definition) is 0. The van der Waals surface area contributed by atoms with Gasteiger partial charge in [0.25, 0.3) is 11.8 Å². The fourth-order valence-corrected chi connectivity index (χ4v) is 3.41. The average molecular weight is 365 g/mol. The molecule has 1 saturated heterocycles. The van der Waals surface area contributed by atoms with Crippen LogP contribution in [0.5, 0.6) is 0 Å². The molecule has 0 aliphatic carbocycles. The molecule has 1 aliphatic heterocycles. The van der Waals surface area contributed by atoms with Crippen LogP contribution in [0.25, 0.3) is 22.8 Å². The number of halogens is 1. The van der Waals surface area contributed by atoms with Crippen molar-refractivity contribution >= 4 is 5.91 Å². The maximum absolute atomic E-state index is 13.1. The van der Waals surface area contributed by atoms with Gasteiger partial charge in [-0.2, -0.15) is 4.98 Å². The number of amides is 1. The summed E-state index contributed by atoms with van der Waals surface area (Å²) in [7, 11) is 0. The second-order valence-electron chi connectivity index (χ2n) is 6.85. The molecule has 0 spiro atoms. The Morgan fingerprint density at radius 3 is 2.74 bits per heavy atom. The molecule has 27 heavy (non-hydrogen) atoms. The molecule has 1 amide bonds. The van der Waals surface area contributed by atoms with Gasteiger partial charge >= 0.3 is 0 Å². The quantitative estimate of drug-likeness (QED) is 0.683. The molecular weight excluding hydrogens is 345 g/mol. The summed E-state index contributed by atoms with van der Waals surface area (Å²) in [6.07, 6.45) is 3.25. The lowest BCUT2D eigenvalue weighted by Crippen LogP contribution is -2.42. The van der Waals surface area contributed by atoms with Crippen LogP contribution in [0.4, 0.5) is 4.39 Å². The molecule has 0 unspecified atom stereocenters. The summed E-state index contributed by atoms with van der Waals surface area (Å²) in [5, 5.41) is 3.97. The molecule has 6 heteroatoms. The van der Waals surface area contributed by atoms with E-state index in [-0.39, 0.29) is 17.8 Å². The molecule has 2 aromatic carbocycles. The highest BCUT2D eigenvalue weighted by Crippen LogP contribution is 2.25. The fraction of sp³-hybridized carbons (Fsp3) is 0.286. The number of carbonyl (C=O) groups is 1. The number of hydrogen-bond acceptors (Lipinski definition) is 4. The van der Waals surface area contributed by atoms with Crippen LogP contribution in [0.2, 0.25) is 0 Å². The third kappa shape index (κ3) is 3.60. The van der Waals surface area contributed by atoms with Crippen LogP contribution >= 0.6 is 0 Å². The minimum atomic E-state index is -0.319. The summed E-state index contributed by atoms with van der Waals surface area (Å²) >= 11 is 0. The van der Waals surface area contributed by atoms with Crippen LogP contribution in [0, 0.1) is 5.82 Å². The second kappa shape index (κ2) is 7.31. The van der Waals surface area contributed by atoms with Crippen LogP contribution in [-0.4, -0.2) is 33.5 Å². The van der Waals surface area contributed by atoms with Gasteiger partial charge in [-0.15, -0.1) is 0 Å². The minimum Gasteiger partial charge on any atom is -0.336 e. The molecule has 1 fully saturated rings. The van der Waals surface area contributed by atoms with E-state index in [1.54, 1.807) is 18.2 Å². The van der Waals surface area contributed by atoms with Crippen molar-refractivity contribution in [2.75, 3.05) is 6.54 Å². The standard InChI is InChI=1S/C21H20FN3O2/c1-14-5-2-3-12-25(14)21(26)17-7-4-6-16(13-17)20-23-19(24-27-20)15-8-10-18(22)11-9-15/h4,6-11,13-14H,2-3,5,12H2,1H3/t14-/m1/s1. The number of piperidine rings is 1. The molecular formula is C21H20FN3O2. The number of aromatic nitrogens is 2. The molecule has 4 rings (SSSR count). The first-order valence-electron chi connectivity index (χ1n) is 9.13. The van der Waals surface area contributed by atoms with Crippen molar-refractivity contribution in [3.63, 3.8) is 0 Å². The van der Waals surface area contributed by atoms with Gasteiger partial charge in [-0.3, -0.25) is 4.79 Å². The monoisotopic (exact) mass is 365 g/mol. The lowest BCUT2D eigenvalue weighted by atomic mass is 10.0. The largest absolute Gasteiger partial charge is 0.336 e. The minimum absolute atomic E-state index is 0.0299. The molecule has 0 bridgehead atoms. The van der Waals surface area contributed by atoms with Gasteiger partial charge in [-0.25, -0.2) is 4.39 Å². The van der Waals surface area contributed by atoms with Gasteiger partial charge in [0.15, 0.2) is 0 Å². The van der Waals surface area contributed by atoms with Crippen LogP contribution in [0.15, 0.2) is 53.1 Å². The van der Waals surface area contributed by atoms with E-state index in [2.05, 4.69) is 17.1 Å². The van der Waals surface area contributed by atoms with E-state index in [0.29, 0.717) is 28.4 Å². The van der Waals surface area contributed by atoms with Gasteiger partial charge in [0.05, 0.1) is 0 Å². The van der Waals surface area contributed by atoms with Crippen molar-refractivity contribution in [1.29, 1.82) is 0 Å². The maximum Gasteiger partial charge on any atom is 0.258 e. The maximum atomic E-state index is 13.1. The van der Waals surface area contributed by atoms with Gasteiger partial charge < -0.3 is 9.42 Å². The predicted molar refractivity (Wildman–Crippen MR) is 99.5 cm³/mol. The lowest BCUT2D eigenvalue weighted by Gasteiger charge is -2.33. The van der Waals surface area contributed by atoms with Crippen molar-refractivity contribution < 1.29 is 13.7 Å². The summed E-state index contributed by atoms with van der Waals surface area (Å²) in [5.74, 6) is 0.421.